The molecule has 2 aromatic rings. The Labute approximate surface area is 167 Å². The molecule has 0 bridgehead atoms. The van der Waals surface area contributed by atoms with Gasteiger partial charge in [-0.05, 0) is 56.7 Å². The fourth-order valence-electron chi connectivity index (χ4n) is 3.65. The van der Waals surface area contributed by atoms with Gasteiger partial charge in [0, 0.05) is 56.7 Å². The van der Waals surface area contributed by atoms with Crippen molar-refractivity contribution in [1.29, 1.82) is 5.26 Å². The molecule has 1 aliphatic heterocycles. The zero-order valence-electron chi connectivity index (χ0n) is 16.6. The fraction of sp³-hybridized carbons (Fsp3) is 0.409. The van der Waals surface area contributed by atoms with Crippen molar-refractivity contribution in [3.05, 3.63) is 53.7 Å². The first-order valence-electron chi connectivity index (χ1n) is 9.92. The Morgan fingerprint density at radius 1 is 1.11 bits per heavy atom. The van der Waals surface area contributed by atoms with Crippen molar-refractivity contribution < 1.29 is 4.79 Å². The molecule has 0 aliphatic carbocycles. The molecule has 0 radical (unpaired) electrons. The summed E-state index contributed by atoms with van der Waals surface area (Å²) in [5.41, 5.74) is 2.44. The van der Waals surface area contributed by atoms with Gasteiger partial charge >= 0.3 is 0 Å². The first-order valence-corrected chi connectivity index (χ1v) is 9.92. The summed E-state index contributed by atoms with van der Waals surface area (Å²) in [7, 11) is 0. The number of anilines is 2. The number of rotatable bonds is 5. The highest BCUT2D eigenvalue weighted by molar-refractivity contribution is 5.94. The first-order chi connectivity index (χ1) is 13.7. The molecular formula is C22H27N5O. The van der Waals surface area contributed by atoms with E-state index in [-0.39, 0.29) is 5.91 Å². The maximum absolute atomic E-state index is 13.0. The summed E-state index contributed by atoms with van der Waals surface area (Å²) in [6.45, 7) is 8.95. The highest BCUT2D eigenvalue weighted by Crippen LogP contribution is 2.20. The number of benzene rings is 1. The predicted molar refractivity (Wildman–Crippen MR) is 112 cm³/mol. The van der Waals surface area contributed by atoms with E-state index in [0.717, 1.165) is 37.3 Å². The molecule has 3 rings (SSSR count). The fourth-order valence-corrected chi connectivity index (χ4v) is 3.65. The molecule has 0 atom stereocenters. The second-order valence-corrected chi connectivity index (χ2v) is 6.84. The molecule has 0 unspecified atom stereocenters. The van der Waals surface area contributed by atoms with Crippen LogP contribution in [0.15, 0.2) is 42.6 Å². The van der Waals surface area contributed by atoms with Gasteiger partial charge in [0.05, 0.1) is 5.56 Å². The number of carbonyl (C=O) groups excluding carboxylic acids is 1. The maximum Gasteiger partial charge on any atom is 0.253 e. The summed E-state index contributed by atoms with van der Waals surface area (Å²) in [4.78, 5) is 23.6. The van der Waals surface area contributed by atoms with Crippen LogP contribution < -0.4 is 9.80 Å². The average molecular weight is 377 g/mol. The van der Waals surface area contributed by atoms with E-state index in [1.807, 2.05) is 29.2 Å². The lowest BCUT2D eigenvalue weighted by molar-refractivity contribution is 0.0767. The van der Waals surface area contributed by atoms with Gasteiger partial charge in [-0.15, -0.1) is 0 Å². The SMILES string of the molecule is CCN(CC)c1ccc(C(=O)N2CCCN(c3ncccc3C#N)CC2)cc1. The molecule has 1 aromatic carbocycles. The molecule has 0 spiro atoms. The van der Waals surface area contributed by atoms with Crippen LogP contribution in [0.2, 0.25) is 0 Å². The van der Waals surface area contributed by atoms with Crippen LogP contribution in [0.1, 0.15) is 36.2 Å². The zero-order valence-corrected chi connectivity index (χ0v) is 16.6. The molecule has 146 valence electrons. The van der Waals surface area contributed by atoms with Gasteiger partial charge in [-0.2, -0.15) is 5.26 Å². The predicted octanol–water partition coefficient (Wildman–Crippen LogP) is 3.15. The number of pyridine rings is 1. The molecular weight excluding hydrogens is 350 g/mol. The molecule has 1 fully saturated rings. The lowest BCUT2D eigenvalue weighted by atomic mass is 10.1. The lowest BCUT2D eigenvalue weighted by Gasteiger charge is -2.24. The second kappa shape index (κ2) is 9.23. The van der Waals surface area contributed by atoms with Gasteiger partial charge in [-0.1, -0.05) is 0 Å². The van der Waals surface area contributed by atoms with E-state index in [1.165, 1.54) is 0 Å². The first kappa shape index (κ1) is 19.7. The number of hydrogen-bond donors (Lipinski definition) is 0. The molecule has 1 aromatic heterocycles. The normalized spacial score (nSPS) is 14.3. The third-order valence-corrected chi connectivity index (χ3v) is 5.23. The van der Waals surface area contributed by atoms with Crippen LogP contribution in [0.3, 0.4) is 0 Å². The molecule has 0 saturated carbocycles. The van der Waals surface area contributed by atoms with Gasteiger partial charge in [-0.25, -0.2) is 4.98 Å². The third-order valence-electron chi connectivity index (χ3n) is 5.23. The van der Waals surface area contributed by atoms with Crippen LogP contribution in [-0.2, 0) is 0 Å². The summed E-state index contributed by atoms with van der Waals surface area (Å²) in [6, 6.07) is 13.7. The topological polar surface area (TPSA) is 63.5 Å². The molecule has 6 heteroatoms. The lowest BCUT2D eigenvalue weighted by Crippen LogP contribution is -2.35. The number of aromatic nitrogens is 1. The summed E-state index contributed by atoms with van der Waals surface area (Å²) in [5.74, 6) is 0.775. The van der Waals surface area contributed by atoms with Crippen molar-refractivity contribution in [2.75, 3.05) is 49.1 Å². The highest BCUT2D eigenvalue weighted by atomic mass is 16.2. The summed E-state index contributed by atoms with van der Waals surface area (Å²) in [5, 5.41) is 9.32. The minimum Gasteiger partial charge on any atom is -0.372 e. The molecule has 28 heavy (non-hydrogen) atoms. The molecule has 1 saturated heterocycles. The Kier molecular flexibility index (Phi) is 6.49. The van der Waals surface area contributed by atoms with Gasteiger partial charge in [0.15, 0.2) is 0 Å². The van der Waals surface area contributed by atoms with Crippen LogP contribution in [0.25, 0.3) is 0 Å². The van der Waals surface area contributed by atoms with Crippen molar-refractivity contribution in [3.63, 3.8) is 0 Å². The van der Waals surface area contributed by atoms with Crippen molar-refractivity contribution >= 4 is 17.4 Å². The van der Waals surface area contributed by atoms with E-state index in [1.54, 1.807) is 18.3 Å². The second-order valence-electron chi connectivity index (χ2n) is 6.84. The van der Waals surface area contributed by atoms with Gasteiger partial charge in [-0.3, -0.25) is 4.79 Å². The van der Waals surface area contributed by atoms with Gasteiger partial charge in [0.2, 0.25) is 0 Å². The monoisotopic (exact) mass is 377 g/mol. The number of carbonyl (C=O) groups is 1. The Morgan fingerprint density at radius 2 is 1.86 bits per heavy atom. The van der Waals surface area contributed by atoms with Crippen LogP contribution in [0, 0.1) is 11.3 Å². The number of amides is 1. The van der Waals surface area contributed by atoms with Crippen molar-refractivity contribution in [2.24, 2.45) is 0 Å². The van der Waals surface area contributed by atoms with Gasteiger partial charge in [0.1, 0.15) is 11.9 Å². The maximum atomic E-state index is 13.0. The number of nitriles is 1. The molecule has 2 heterocycles. The van der Waals surface area contributed by atoms with E-state index in [2.05, 4.69) is 34.7 Å². The average Bonchev–Trinajstić information content (AvgIpc) is 3.01. The summed E-state index contributed by atoms with van der Waals surface area (Å²) in [6.07, 6.45) is 2.56. The number of hydrogen-bond acceptors (Lipinski definition) is 5. The molecule has 1 aliphatic rings. The summed E-state index contributed by atoms with van der Waals surface area (Å²) < 4.78 is 0. The molecule has 0 N–H and O–H groups in total. The molecule has 1 amide bonds. The minimum absolute atomic E-state index is 0.0643. The van der Waals surface area contributed by atoms with Crippen molar-refractivity contribution in [1.82, 2.24) is 9.88 Å². The third kappa shape index (κ3) is 4.25. The Balaban J connectivity index is 1.68. The van der Waals surface area contributed by atoms with E-state index < -0.39 is 0 Å². The quantitative estimate of drug-likeness (QED) is 0.801. The Morgan fingerprint density at radius 3 is 2.54 bits per heavy atom. The van der Waals surface area contributed by atoms with E-state index in [9.17, 15) is 10.1 Å². The van der Waals surface area contributed by atoms with Gasteiger partial charge < -0.3 is 14.7 Å². The largest absolute Gasteiger partial charge is 0.372 e. The minimum atomic E-state index is 0.0643. The van der Waals surface area contributed by atoms with Crippen LogP contribution in [0.4, 0.5) is 11.5 Å². The Hall–Kier alpha value is -3.07. The smallest absolute Gasteiger partial charge is 0.253 e. The Bertz CT molecular complexity index is 839. The van der Waals surface area contributed by atoms with Crippen LogP contribution >= 0.6 is 0 Å². The van der Waals surface area contributed by atoms with Gasteiger partial charge in [0.25, 0.3) is 5.91 Å². The van der Waals surface area contributed by atoms with E-state index in [4.69, 9.17) is 0 Å². The standard InChI is InChI=1S/C22H27N5O/c1-3-25(4-2)20-10-8-18(9-11-20)22(28)27-14-6-13-26(15-16-27)21-19(17-23)7-5-12-24-21/h5,7-12H,3-4,6,13-16H2,1-2H3. The van der Waals surface area contributed by atoms with E-state index >= 15 is 0 Å². The van der Waals surface area contributed by atoms with E-state index in [0.29, 0.717) is 31.0 Å². The molecule has 6 nitrogen and oxygen atoms in total. The van der Waals surface area contributed by atoms with Crippen LogP contribution in [0.5, 0.6) is 0 Å². The van der Waals surface area contributed by atoms with Crippen molar-refractivity contribution in [2.45, 2.75) is 20.3 Å². The van der Waals surface area contributed by atoms with Crippen LogP contribution in [-0.4, -0.2) is 55.1 Å². The zero-order chi connectivity index (χ0) is 19.9. The number of nitrogens with zero attached hydrogens (tertiary/aromatic N) is 5. The highest BCUT2D eigenvalue weighted by Gasteiger charge is 2.22. The van der Waals surface area contributed by atoms with Crippen molar-refractivity contribution in [3.8, 4) is 6.07 Å². The summed E-state index contributed by atoms with van der Waals surface area (Å²) >= 11 is 0.